The van der Waals surface area contributed by atoms with Crippen molar-refractivity contribution in [3.8, 4) is 0 Å². The number of pyridine rings is 1. The van der Waals surface area contributed by atoms with Gasteiger partial charge in [-0.3, -0.25) is 9.78 Å². The van der Waals surface area contributed by atoms with Crippen LogP contribution in [0.15, 0.2) is 58.0 Å². The van der Waals surface area contributed by atoms with E-state index in [2.05, 4.69) is 20.9 Å². The lowest BCUT2D eigenvalue weighted by Gasteiger charge is -2.31. The number of anilines is 1. The number of carbonyl (C=O) groups is 1. The predicted molar refractivity (Wildman–Crippen MR) is 112 cm³/mol. The van der Waals surface area contributed by atoms with Crippen molar-refractivity contribution < 1.29 is 57.1 Å². The third-order valence-corrected chi connectivity index (χ3v) is 7.07. The third-order valence-electron chi connectivity index (χ3n) is 4.93. The molecule has 0 atom stereocenters. The lowest BCUT2D eigenvalue weighted by Crippen LogP contribution is -2.50. The molecule has 200 valence electrons. The number of hydrogen-bond donors (Lipinski definition) is 1. The first kappa shape index (κ1) is 28.6. The van der Waals surface area contributed by atoms with E-state index in [1.54, 1.807) is 17.4 Å². The maximum Gasteiger partial charge on any atom is 0.501 e. The smallest absolute Gasteiger partial charge is 0.320 e. The van der Waals surface area contributed by atoms with Crippen LogP contribution in [0.25, 0.3) is 10.9 Å². The van der Waals surface area contributed by atoms with E-state index in [0.29, 0.717) is 5.39 Å². The molecule has 0 radical (unpaired) electrons. The Balaban J connectivity index is 2.26. The van der Waals surface area contributed by atoms with Gasteiger partial charge in [0.25, 0.3) is 15.7 Å². The molecule has 1 heterocycles. The summed E-state index contributed by atoms with van der Waals surface area (Å²) < 4.78 is 157. The lowest BCUT2D eigenvalue weighted by molar-refractivity contribution is -0.348. The predicted octanol–water partition coefficient (Wildman–Crippen LogP) is 6.83. The third kappa shape index (κ3) is 4.97. The Labute approximate surface area is 208 Å². The molecule has 3 rings (SSSR count). The topological polar surface area (TPSA) is 76.1 Å². The van der Waals surface area contributed by atoms with Gasteiger partial charge in [-0.2, -0.15) is 39.5 Å². The average Bonchev–Trinajstić information content (AvgIpc) is 2.76. The molecular formula is C20H9BrF10N2O3S. The second-order valence-corrected chi connectivity index (χ2v) is 10.1. The number of benzene rings is 2. The van der Waals surface area contributed by atoms with Crippen LogP contribution in [-0.2, 0) is 15.5 Å². The van der Waals surface area contributed by atoms with Crippen LogP contribution >= 0.6 is 15.9 Å². The van der Waals surface area contributed by atoms with E-state index in [1.165, 1.54) is 12.3 Å². The first-order valence-electron chi connectivity index (χ1n) is 9.35. The van der Waals surface area contributed by atoms with E-state index in [1.807, 2.05) is 0 Å². The summed E-state index contributed by atoms with van der Waals surface area (Å²) in [7, 11) is -6.72. The molecule has 2 aromatic carbocycles. The molecule has 37 heavy (non-hydrogen) atoms. The summed E-state index contributed by atoms with van der Waals surface area (Å²) in [6, 6.07) is 5.75. The standard InChI is InChI=1S/C20H9BrF10N2O3S/c21-12-7-11(17(22,18(23,24)25)19(26,27)28)8-14(37(35,36)20(29,30)31)15(12)33-16(34)10-4-3-9-2-1-5-32-13(9)6-10/h1-8H,(H,33,34). The summed E-state index contributed by atoms with van der Waals surface area (Å²) in [4.78, 5) is 14.3. The minimum Gasteiger partial charge on any atom is -0.320 e. The molecule has 0 aliphatic rings. The van der Waals surface area contributed by atoms with E-state index < -0.39 is 66.0 Å². The fourth-order valence-corrected chi connectivity index (χ4v) is 4.77. The molecule has 1 amide bonds. The highest BCUT2D eigenvalue weighted by Crippen LogP contribution is 2.55. The first-order chi connectivity index (χ1) is 16.7. The van der Waals surface area contributed by atoms with Gasteiger partial charge in [0.1, 0.15) is 4.90 Å². The van der Waals surface area contributed by atoms with Crippen molar-refractivity contribution in [1.29, 1.82) is 0 Å². The summed E-state index contributed by atoms with van der Waals surface area (Å²) in [6.45, 7) is 0. The molecule has 0 spiro atoms. The highest BCUT2D eigenvalue weighted by molar-refractivity contribution is 9.10. The van der Waals surface area contributed by atoms with Gasteiger partial charge in [-0.15, -0.1) is 0 Å². The van der Waals surface area contributed by atoms with E-state index >= 15 is 0 Å². The molecule has 0 saturated carbocycles. The molecule has 3 aromatic rings. The quantitative estimate of drug-likeness (QED) is 0.322. The minimum atomic E-state index is -6.76. The highest BCUT2D eigenvalue weighted by Gasteiger charge is 2.73. The zero-order chi connectivity index (χ0) is 28.2. The molecule has 17 heteroatoms. The lowest BCUT2D eigenvalue weighted by atomic mass is 9.94. The summed E-state index contributed by atoms with van der Waals surface area (Å²) in [5.41, 5.74) is -16.5. The second kappa shape index (κ2) is 9.11. The zero-order valence-electron chi connectivity index (χ0n) is 17.4. The van der Waals surface area contributed by atoms with Gasteiger partial charge >= 0.3 is 23.5 Å². The first-order valence-corrected chi connectivity index (χ1v) is 11.6. The Bertz CT molecular complexity index is 1470. The molecule has 1 aromatic heterocycles. The van der Waals surface area contributed by atoms with E-state index in [0.717, 1.165) is 12.1 Å². The number of alkyl halides is 10. The zero-order valence-corrected chi connectivity index (χ0v) is 19.8. The normalized spacial score (nSPS) is 13.6. The fourth-order valence-electron chi connectivity index (χ4n) is 3.12. The maximum absolute atomic E-state index is 14.5. The number of nitrogens with one attached hydrogen (secondary N) is 1. The second-order valence-electron chi connectivity index (χ2n) is 7.30. The van der Waals surface area contributed by atoms with Gasteiger partial charge in [-0.05, 0) is 46.3 Å². The minimum absolute atomic E-state index is 0.213. The van der Waals surface area contributed by atoms with E-state index in [4.69, 9.17) is 0 Å². The largest absolute Gasteiger partial charge is 0.501 e. The Morgan fingerprint density at radius 3 is 2.00 bits per heavy atom. The van der Waals surface area contributed by atoms with Crippen LogP contribution in [0.2, 0.25) is 0 Å². The summed E-state index contributed by atoms with van der Waals surface area (Å²) in [6.07, 6.45) is -12.2. The molecule has 5 nitrogen and oxygen atoms in total. The summed E-state index contributed by atoms with van der Waals surface area (Å²) >= 11 is 2.36. The van der Waals surface area contributed by atoms with Crippen molar-refractivity contribution in [3.05, 3.63) is 64.3 Å². The Kier molecular flexibility index (Phi) is 7.05. The van der Waals surface area contributed by atoms with Gasteiger partial charge in [-0.1, -0.05) is 12.1 Å². The number of hydrogen-bond acceptors (Lipinski definition) is 4. The van der Waals surface area contributed by atoms with Crippen molar-refractivity contribution in [1.82, 2.24) is 4.98 Å². The van der Waals surface area contributed by atoms with Gasteiger partial charge in [0.2, 0.25) is 0 Å². The van der Waals surface area contributed by atoms with Crippen molar-refractivity contribution in [2.24, 2.45) is 0 Å². The molecule has 0 bridgehead atoms. The Hall–Kier alpha value is -2.95. The van der Waals surface area contributed by atoms with Crippen LogP contribution in [0.1, 0.15) is 15.9 Å². The van der Waals surface area contributed by atoms with Gasteiger partial charge in [0.15, 0.2) is 0 Å². The number of halogens is 11. The monoisotopic (exact) mass is 626 g/mol. The number of rotatable bonds is 4. The Morgan fingerprint density at radius 2 is 1.46 bits per heavy atom. The fraction of sp³-hybridized carbons (Fsp3) is 0.200. The molecule has 0 saturated heterocycles. The number of fused-ring (bicyclic) bond motifs is 1. The van der Waals surface area contributed by atoms with E-state index in [9.17, 15) is 57.1 Å². The van der Waals surface area contributed by atoms with Gasteiger partial charge in [0.05, 0.1) is 11.2 Å². The summed E-state index contributed by atoms with van der Waals surface area (Å²) in [5, 5.41) is 2.23. The van der Waals surface area contributed by atoms with Crippen LogP contribution in [0.4, 0.5) is 49.6 Å². The number of carbonyl (C=O) groups excluding carboxylic acids is 1. The van der Waals surface area contributed by atoms with Gasteiger partial charge in [0, 0.05) is 27.2 Å². The number of amides is 1. The summed E-state index contributed by atoms with van der Waals surface area (Å²) in [5.74, 6) is -1.31. The molecule has 0 aliphatic carbocycles. The van der Waals surface area contributed by atoms with Crippen LogP contribution in [0, 0.1) is 0 Å². The van der Waals surface area contributed by atoms with Crippen LogP contribution in [0.3, 0.4) is 0 Å². The molecular weight excluding hydrogens is 618 g/mol. The number of nitrogens with zero attached hydrogens (tertiary/aromatic N) is 1. The SMILES string of the molecule is O=C(Nc1c(Br)cc(C(F)(C(F)(F)F)C(F)(F)F)cc1S(=O)(=O)C(F)(F)F)c1ccc2cccnc2c1. The highest BCUT2D eigenvalue weighted by atomic mass is 79.9. The van der Waals surface area contributed by atoms with Crippen molar-refractivity contribution >= 4 is 48.3 Å². The molecule has 1 N–H and O–H groups in total. The van der Waals surface area contributed by atoms with Gasteiger partial charge < -0.3 is 5.32 Å². The van der Waals surface area contributed by atoms with Crippen molar-refractivity contribution in [3.63, 3.8) is 0 Å². The number of sulfone groups is 1. The van der Waals surface area contributed by atoms with Crippen molar-refractivity contribution in [2.75, 3.05) is 5.32 Å². The molecule has 0 unspecified atom stereocenters. The van der Waals surface area contributed by atoms with Crippen LogP contribution in [-0.4, -0.2) is 37.2 Å². The molecule has 0 fully saturated rings. The van der Waals surface area contributed by atoms with Crippen LogP contribution in [0.5, 0.6) is 0 Å². The average molecular weight is 627 g/mol. The molecule has 0 aliphatic heterocycles. The number of aromatic nitrogens is 1. The Morgan fingerprint density at radius 1 is 0.865 bits per heavy atom. The maximum atomic E-state index is 14.5. The van der Waals surface area contributed by atoms with Crippen LogP contribution < -0.4 is 5.32 Å². The van der Waals surface area contributed by atoms with Gasteiger partial charge in [-0.25, -0.2) is 12.8 Å². The van der Waals surface area contributed by atoms with E-state index in [-0.39, 0.29) is 17.1 Å². The van der Waals surface area contributed by atoms with Crippen molar-refractivity contribution in [2.45, 2.75) is 28.4 Å².